The van der Waals surface area contributed by atoms with Crippen molar-refractivity contribution in [1.29, 1.82) is 0 Å². The van der Waals surface area contributed by atoms with Crippen LogP contribution in [0, 0.1) is 0 Å². The Balaban J connectivity index is 2.83. The Morgan fingerprint density at radius 2 is 1.83 bits per heavy atom. The van der Waals surface area contributed by atoms with Crippen LogP contribution >= 0.6 is 0 Å². The molecule has 0 radical (unpaired) electrons. The molecule has 0 aliphatic rings. The number of ether oxygens (including phenoxy) is 3. The Labute approximate surface area is 105 Å². The van der Waals surface area contributed by atoms with E-state index in [1.807, 2.05) is 6.92 Å². The summed E-state index contributed by atoms with van der Waals surface area (Å²) in [5.74, 6) is -0.528. The maximum Gasteiger partial charge on any atom is 0.306 e. The fourth-order valence-electron chi connectivity index (χ4n) is 1.23. The first kappa shape index (κ1) is 14.0. The smallest absolute Gasteiger partial charge is 0.306 e. The molecular formula is C12H15NO5. The Hall–Kier alpha value is -2.11. The van der Waals surface area contributed by atoms with Gasteiger partial charge in [-0.3, -0.25) is 9.59 Å². The average Bonchev–Trinajstić information content (AvgIpc) is 2.28. The SMILES string of the molecule is CCOc1ccc(C(OC(C)=O)OC(C)=O)nc1. The zero-order valence-corrected chi connectivity index (χ0v) is 10.5. The lowest BCUT2D eigenvalue weighted by atomic mass is 10.3. The van der Waals surface area contributed by atoms with Crippen LogP contribution in [0.25, 0.3) is 0 Å². The van der Waals surface area contributed by atoms with Crippen molar-refractivity contribution in [2.45, 2.75) is 27.1 Å². The van der Waals surface area contributed by atoms with Gasteiger partial charge in [0, 0.05) is 13.8 Å². The van der Waals surface area contributed by atoms with Crippen LogP contribution in [-0.4, -0.2) is 23.5 Å². The molecule has 1 aromatic heterocycles. The predicted octanol–water partition coefficient (Wildman–Crippen LogP) is 1.61. The summed E-state index contributed by atoms with van der Waals surface area (Å²) in [7, 11) is 0. The highest BCUT2D eigenvalue weighted by Crippen LogP contribution is 2.19. The third-order valence-corrected chi connectivity index (χ3v) is 1.86. The van der Waals surface area contributed by atoms with E-state index < -0.39 is 18.2 Å². The third-order valence-electron chi connectivity index (χ3n) is 1.86. The van der Waals surface area contributed by atoms with Crippen molar-refractivity contribution in [2.75, 3.05) is 6.61 Å². The van der Waals surface area contributed by atoms with Crippen LogP contribution in [0.5, 0.6) is 5.75 Å². The van der Waals surface area contributed by atoms with Crippen LogP contribution in [0.3, 0.4) is 0 Å². The highest BCUT2D eigenvalue weighted by molar-refractivity contribution is 5.68. The standard InChI is InChI=1S/C12H15NO5/c1-4-16-10-5-6-11(13-7-10)12(17-8(2)14)18-9(3)15/h5-7,12H,4H2,1-3H3. The van der Waals surface area contributed by atoms with Gasteiger partial charge in [-0.2, -0.15) is 0 Å². The van der Waals surface area contributed by atoms with Gasteiger partial charge in [0.1, 0.15) is 11.4 Å². The van der Waals surface area contributed by atoms with Gasteiger partial charge < -0.3 is 14.2 Å². The van der Waals surface area contributed by atoms with E-state index in [0.29, 0.717) is 18.1 Å². The Morgan fingerprint density at radius 1 is 1.22 bits per heavy atom. The monoisotopic (exact) mass is 253 g/mol. The highest BCUT2D eigenvalue weighted by Gasteiger charge is 2.19. The van der Waals surface area contributed by atoms with Crippen molar-refractivity contribution in [3.8, 4) is 5.75 Å². The van der Waals surface area contributed by atoms with Gasteiger partial charge in [-0.25, -0.2) is 4.98 Å². The minimum atomic E-state index is -1.13. The highest BCUT2D eigenvalue weighted by atomic mass is 16.7. The van der Waals surface area contributed by atoms with E-state index in [4.69, 9.17) is 14.2 Å². The molecule has 6 nitrogen and oxygen atoms in total. The largest absolute Gasteiger partial charge is 0.492 e. The van der Waals surface area contributed by atoms with Crippen molar-refractivity contribution in [3.63, 3.8) is 0 Å². The molecule has 0 aliphatic heterocycles. The molecule has 0 spiro atoms. The Bertz CT molecular complexity index is 399. The quantitative estimate of drug-likeness (QED) is 0.586. The molecule has 1 rings (SSSR count). The van der Waals surface area contributed by atoms with Crippen LogP contribution in [0.2, 0.25) is 0 Å². The number of nitrogens with zero attached hydrogens (tertiary/aromatic N) is 1. The van der Waals surface area contributed by atoms with Gasteiger partial charge in [-0.1, -0.05) is 0 Å². The van der Waals surface area contributed by atoms with Gasteiger partial charge in [0.25, 0.3) is 6.29 Å². The molecule has 0 saturated heterocycles. The molecule has 1 heterocycles. The summed E-state index contributed by atoms with van der Waals surface area (Å²) in [4.78, 5) is 25.8. The third kappa shape index (κ3) is 4.40. The fraction of sp³-hybridized carbons (Fsp3) is 0.417. The lowest BCUT2D eigenvalue weighted by Gasteiger charge is -2.16. The molecular weight excluding hydrogens is 238 g/mol. The summed E-state index contributed by atoms with van der Waals surface area (Å²) in [6.07, 6.45) is 0.342. The van der Waals surface area contributed by atoms with Crippen molar-refractivity contribution >= 4 is 11.9 Å². The topological polar surface area (TPSA) is 74.7 Å². The molecule has 0 atom stereocenters. The molecule has 6 heteroatoms. The molecule has 0 aliphatic carbocycles. The summed E-state index contributed by atoms with van der Waals surface area (Å²) in [5.41, 5.74) is 0.323. The van der Waals surface area contributed by atoms with Crippen LogP contribution < -0.4 is 4.74 Å². The second kappa shape index (κ2) is 6.58. The number of esters is 2. The fourth-order valence-corrected chi connectivity index (χ4v) is 1.23. The Kier molecular flexibility index (Phi) is 5.10. The van der Waals surface area contributed by atoms with E-state index >= 15 is 0 Å². The number of hydrogen-bond donors (Lipinski definition) is 0. The number of hydrogen-bond acceptors (Lipinski definition) is 6. The maximum absolute atomic E-state index is 10.9. The molecule has 0 unspecified atom stereocenters. The van der Waals surface area contributed by atoms with E-state index in [1.54, 1.807) is 12.1 Å². The summed E-state index contributed by atoms with van der Waals surface area (Å²) in [6, 6.07) is 3.23. The number of pyridine rings is 1. The van der Waals surface area contributed by atoms with Crippen molar-refractivity contribution in [3.05, 3.63) is 24.0 Å². The van der Waals surface area contributed by atoms with Crippen LogP contribution in [0.1, 0.15) is 32.8 Å². The van der Waals surface area contributed by atoms with Gasteiger partial charge in [-0.05, 0) is 19.1 Å². The van der Waals surface area contributed by atoms with Crippen molar-refractivity contribution < 1.29 is 23.8 Å². The van der Waals surface area contributed by atoms with Gasteiger partial charge in [-0.15, -0.1) is 0 Å². The maximum atomic E-state index is 10.9. The predicted molar refractivity (Wildman–Crippen MR) is 61.7 cm³/mol. The van der Waals surface area contributed by atoms with E-state index in [1.165, 1.54) is 20.0 Å². The summed E-state index contributed by atoms with van der Waals surface area (Å²) in [5, 5.41) is 0. The second-order valence-corrected chi connectivity index (χ2v) is 3.40. The van der Waals surface area contributed by atoms with E-state index in [0.717, 1.165) is 0 Å². The summed E-state index contributed by atoms with van der Waals surface area (Å²) in [6.45, 7) is 4.84. The van der Waals surface area contributed by atoms with E-state index in [-0.39, 0.29) is 0 Å². The number of aromatic nitrogens is 1. The first-order chi connectivity index (χ1) is 8.52. The van der Waals surface area contributed by atoms with Gasteiger partial charge in [0.05, 0.1) is 12.8 Å². The summed E-state index contributed by atoms with van der Waals surface area (Å²) >= 11 is 0. The number of carbonyl (C=O) groups is 2. The first-order valence-electron chi connectivity index (χ1n) is 5.46. The molecule has 0 bridgehead atoms. The molecule has 0 saturated carbocycles. The van der Waals surface area contributed by atoms with Crippen LogP contribution in [-0.2, 0) is 19.1 Å². The molecule has 0 amide bonds. The van der Waals surface area contributed by atoms with Crippen molar-refractivity contribution in [2.24, 2.45) is 0 Å². The molecule has 0 N–H and O–H groups in total. The van der Waals surface area contributed by atoms with Gasteiger partial charge in [0.15, 0.2) is 0 Å². The summed E-state index contributed by atoms with van der Waals surface area (Å²) < 4.78 is 14.9. The molecule has 18 heavy (non-hydrogen) atoms. The minimum Gasteiger partial charge on any atom is -0.492 e. The first-order valence-corrected chi connectivity index (χ1v) is 5.46. The lowest BCUT2D eigenvalue weighted by Crippen LogP contribution is -2.16. The van der Waals surface area contributed by atoms with E-state index in [9.17, 15) is 9.59 Å². The minimum absolute atomic E-state index is 0.323. The van der Waals surface area contributed by atoms with Gasteiger partial charge in [0.2, 0.25) is 0 Å². The Morgan fingerprint density at radius 3 is 2.22 bits per heavy atom. The molecule has 1 aromatic rings. The molecule has 0 fully saturated rings. The van der Waals surface area contributed by atoms with Crippen molar-refractivity contribution in [1.82, 2.24) is 4.98 Å². The number of rotatable bonds is 5. The van der Waals surface area contributed by atoms with Crippen LogP contribution in [0.4, 0.5) is 0 Å². The number of carbonyl (C=O) groups excluding carboxylic acids is 2. The zero-order chi connectivity index (χ0) is 13.5. The molecule has 98 valence electrons. The zero-order valence-electron chi connectivity index (χ0n) is 10.5. The van der Waals surface area contributed by atoms with Gasteiger partial charge >= 0.3 is 11.9 Å². The van der Waals surface area contributed by atoms with E-state index in [2.05, 4.69) is 4.98 Å². The second-order valence-electron chi connectivity index (χ2n) is 3.40. The normalized spacial score (nSPS) is 10.0. The van der Waals surface area contributed by atoms with Crippen LogP contribution in [0.15, 0.2) is 18.3 Å². The molecule has 0 aromatic carbocycles. The lowest BCUT2D eigenvalue weighted by molar-refractivity contribution is -0.187. The average molecular weight is 253 g/mol.